The van der Waals surface area contributed by atoms with Gasteiger partial charge in [0.05, 0.1) is 16.8 Å². The van der Waals surface area contributed by atoms with Crippen LogP contribution in [0.25, 0.3) is 0 Å². The molecule has 0 fully saturated rings. The highest BCUT2D eigenvalue weighted by Crippen LogP contribution is 2.31. The Kier molecular flexibility index (Phi) is 4.32. The minimum absolute atomic E-state index is 0.276. The Morgan fingerprint density at radius 2 is 2.04 bits per heavy atom. The largest absolute Gasteiger partial charge is 0.298 e. The molecule has 0 saturated heterocycles. The quantitative estimate of drug-likeness (QED) is 0.820. The van der Waals surface area contributed by atoms with E-state index in [0.717, 1.165) is 37.8 Å². The number of carbonyl (C=O) groups is 3. The second-order valence-electron chi connectivity index (χ2n) is 6.57. The summed E-state index contributed by atoms with van der Waals surface area (Å²) < 4.78 is 0. The summed E-state index contributed by atoms with van der Waals surface area (Å²) in [6.45, 7) is 2.42. The number of fused-ring (bicyclic) bond motifs is 2. The van der Waals surface area contributed by atoms with Crippen molar-refractivity contribution >= 4 is 34.2 Å². The van der Waals surface area contributed by atoms with Gasteiger partial charge in [-0.3, -0.25) is 24.6 Å². The first-order chi connectivity index (χ1) is 12.6. The molecular formula is C19H19N3O3S. The first kappa shape index (κ1) is 16.9. The van der Waals surface area contributed by atoms with Gasteiger partial charge in [0.25, 0.3) is 17.7 Å². The van der Waals surface area contributed by atoms with Gasteiger partial charge in [-0.25, -0.2) is 4.98 Å². The van der Waals surface area contributed by atoms with Crippen LogP contribution in [0.3, 0.4) is 0 Å². The smallest absolute Gasteiger partial charge is 0.261 e. The number of rotatable bonds is 5. The van der Waals surface area contributed by atoms with E-state index in [2.05, 4.69) is 10.3 Å². The third kappa shape index (κ3) is 2.82. The van der Waals surface area contributed by atoms with Crippen molar-refractivity contribution in [3.63, 3.8) is 0 Å². The molecule has 2 heterocycles. The van der Waals surface area contributed by atoms with Gasteiger partial charge in [-0.15, -0.1) is 11.3 Å². The van der Waals surface area contributed by atoms with Crippen molar-refractivity contribution in [3.05, 3.63) is 45.5 Å². The Labute approximate surface area is 155 Å². The lowest BCUT2D eigenvalue weighted by molar-refractivity contribution is 0.0652. The summed E-state index contributed by atoms with van der Waals surface area (Å²) in [5.41, 5.74) is 2.11. The molecule has 6 nitrogen and oxygen atoms in total. The maximum atomic E-state index is 12.5. The molecule has 1 aromatic carbocycles. The molecule has 26 heavy (non-hydrogen) atoms. The fourth-order valence-corrected chi connectivity index (χ4v) is 4.41. The highest BCUT2D eigenvalue weighted by atomic mass is 32.1. The Morgan fingerprint density at radius 3 is 2.81 bits per heavy atom. The predicted molar refractivity (Wildman–Crippen MR) is 98.8 cm³/mol. The topological polar surface area (TPSA) is 79.4 Å². The van der Waals surface area contributed by atoms with E-state index in [1.165, 1.54) is 27.2 Å². The Hall–Kier alpha value is -2.54. The SMILES string of the molecule is CCCCN1C(=O)c2ccc(C(=O)Nc3nc4c(s3)CCC4)cc2C1=O. The molecule has 3 amide bonds. The van der Waals surface area contributed by atoms with Crippen LogP contribution in [0.1, 0.15) is 67.8 Å². The lowest BCUT2D eigenvalue weighted by Crippen LogP contribution is -2.30. The second-order valence-corrected chi connectivity index (χ2v) is 7.66. The Bertz CT molecular complexity index is 897. The zero-order valence-corrected chi connectivity index (χ0v) is 15.3. The van der Waals surface area contributed by atoms with Crippen molar-refractivity contribution in [1.82, 2.24) is 9.88 Å². The van der Waals surface area contributed by atoms with E-state index in [4.69, 9.17) is 0 Å². The molecular weight excluding hydrogens is 350 g/mol. The van der Waals surface area contributed by atoms with Gasteiger partial charge in [0, 0.05) is 17.0 Å². The van der Waals surface area contributed by atoms with Crippen LogP contribution in [0, 0.1) is 0 Å². The molecule has 1 aliphatic heterocycles. The average Bonchev–Trinajstić information content (AvgIpc) is 3.28. The van der Waals surface area contributed by atoms with Crippen molar-refractivity contribution in [2.24, 2.45) is 0 Å². The average molecular weight is 369 g/mol. The van der Waals surface area contributed by atoms with E-state index in [0.29, 0.717) is 28.4 Å². The van der Waals surface area contributed by atoms with Crippen molar-refractivity contribution in [1.29, 1.82) is 0 Å². The number of amides is 3. The molecule has 1 N–H and O–H groups in total. The molecule has 0 spiro atoms. The van der Waals surface area contributed by atoms with Crippen LogP contribution in [0.2, 0.25) is 0 Å². The molecule has 0 bridgehead atoms. The summed E-state index contributed by atoms with van der Waals surface area (Å²) in [6, 6.07) is 4.67. The van der Waals surface area contributed by atoms with E-state index in [-0.39, 0.29) is 17.7 Å². The number of hydrogen-bond donors (Lipinski definition) is 1. The van der Waals surface area contributed by atoms with Crippen LogP contribution in [0.15, 0.2) is 18.2 Å². The highest BCUT2D eigenvalue weighted by molar-refractivity contribution is 7.16. The molecule has 134 valence electrons. The maximum absolute atomic E-state index is 12.5. The predicted octanol–water partition coefficient (Wildman–Crippen LogP) is 3.28. The first-order valence-electron chi connectivity index (χ1n) is 8.88. The Balaban J connectivity index is 1.54. The van der Waals surface area contributed by atoms with Crippen LogP contribution < -0.4 is 5.32 Å². The van der Waals surface area contributed by atoms with Gasteiger partial charge < -0.3 is 0 Å². The van der Waals surface area contributed by atoms with Gasteiger partial charge in [-0.2, -0.15) is 0 Å². The molecule has 0 atom stereocenters. The number of benzene rings is 1. The standard InChI is InChI=1S/C19H19N3O3S/c1-2-3-9-22-17(24)12-8-7-11(10-13(12)18(22)25)16(23)21-19-20-14-5-4-6-15(14)26-19/h7-8,10H,2-6,9H2,1H3,(H,20,21,23). The van der Waals surface area contributed by atoms with Gasteiger partial charge >= 0.3 is 0 Å². The minimum Gasteiger partial charge on any atom is -0.298 e. The molecule has 4 rings (SSSR count). The van der Waals surface area contributed by atoms with Gasteiger partial charge in [0.1, 0.15) is 0 Å². The molecule has 2 aliphatic rings. The van der Waals surface area contributed by atoms with Crippen molar-refractivity contribution in [2.45, 2.75) is 39.0 Å². The zero-order valence-electron chi connectivity index (χ0n) is 14.5. The van der Waals surface area contributed by atoms with Crippen molar-refractivity contribution in [2.75, 3.05) is 11.9 Å². The van der Waals surface area contributed by atoms with E-state index >= 15 is 0 Å². The summed E-state index contributed by atoms with van der Waals surface area (Å²) in [6.07, 6.45) is 4.78. The normalized spacial score (nSPS) is 15.3. The van der Waals surface area contributed by atoms with Gasteiger partial charge in [0.2, 0.25) is 0 Å². The van der Waals surface area contributed by atoms with Crippen LogP contribution in [-0.2, 0) is 12.8 Å². The molecule has 0 radical (unpaired) electrons. The Morgan fingerprint density at radius 1 is 1.23 bits per heavy atom. The van der Waals surface area contributed by atoms with Crippen LogP contribution in [0.5, 0.6) is 0 Å². The lowest BCUT2D eigenvalue weighted by Gasteiger charge is -2.12. The van der Waals surface area contributed by atoms with Crippen LogP contribution in [0.4, 0.5) is 5.13 Å². The number of unbranched alkanes of at least 4 members (excludes halogenated alkanes) is 1. The number of nitrogens with one attached hydrogen (secondary N) is 1. The molecule has 2 aromatic rings. The van der Waals surface area contributed by atoms with E-state index in [9.17, 15) is 14.4 Å². The summed E-state index contributed by atoms with van der Waals surface area (Å²) in [4.78, 5) is 44.4. The number of aryl methyl sites for hydroxylation is 2. The van der Waals surface area contributed by atoms with E-state index in [1.54, 1.807) is 12.1 Å². The van der Waals surface area contributed by atoms with E-state index in [1.807, 2.05) is 6.92 Å². The third-order valence-electron chi connectivity index (χ3n) is 4.78. The number of thiazole rings is 1. The first-order valence-corrected chi connectivity index (χ1v) is 9.70. The maximum Gasteiger partial charge on any atom is 0.261 e. The van der Waals surface area contributed by atoms with Crippen molar-refractivity contribution in [3.8, 4) is 0 Å². The molecule has 1 aromatic heterocycles. The highest BCUT2D eigenvalue weighted by Gasteiger charge is 2.35. The molecule has 1 aliphatic carbocycles. The summed E-state index contributed by atoms with van der Waals surface area (Å²) in [7, 11) is 0. The third-order valence-corrected chi connectivity index (χ3v) is 5.86. The minimum atomic E-state index is -0.318. The fraction of sp³-hybridized carbons (Fsp3) is 0.368. The van der Waals surface area contributed by atoms with E-state index < -0.39 is 0 Å². The number of hydrogen-bond acceptors (Lipinski definition) is 5. The van der Waals surface area contributed by atoms with Crippen molar-refractivity contribution < 1.29 is 14.4 Å². The zero-order chi connectivity index (χ0) is 18.3. The van der Waals surface area contributed by atoms with Crippen LogP contribution in [-0.4, -0.2) is 34.2 Å². The monoisotopic (exact) mass is 369 g/mol. The summed E-state index contributed by atoms with van der Waals surface area (Å²) in [5.74, 6) is -0.907. The number of aromatic nitrogens is 1. The lowest BCUT2D eigenvalue weighted by atomic mass is 10.1. The fourth-order valence-electron chi connectivity index (χ4n) is 3.36. The molecule has 0 unspecified atom stereocenters. The summed E-state index contributed by atoms with van der Waals surface area (Å²) in [5, 5.41) is 3.40. The van der Waals surface area contributed by atoms with Gasteiger partial charge in [0.15, 0.2) is 5.13 Å². The van der Waals surface area contributed by atoms with Crippen LogP contribution >= 0.6 is 11.3 Å². The molecule has 0 saturated carbocycles. The molecule has 7 heteroatoms. The number of carbonyl (C=O) groups excluding carboxylic acids is 3. The number of nitrogens with zero attached hydrogens (tertiary/aromatic N) is 2. The summed E-state index contributed by atoms with van der Waals surface area (Å²) >= 11 is 1.51. The number of anilines is 1. The number of imide groups is 1. The van der Waals surface area contributed by atoms with Gasteiger partial charge in [-0.1, -0.05) is 13.3 Å². The second kappa shape index (κ2) is 6.64. The van der Waals surface area contributed by atoms with Gasteiger partial charge in [-0.05, 0) is 43.9 Å².